The van der Waals surface area contributed by atoms with Crippen molar-refractivity contribution in [3.05, 3.63) is 29.8 Å². The molecule has 0 aliphatic carbocycles. The molecule has 1 aromatic carbocycles. The maximum Gasteiger partial charge on any atom is 0.310 e. The van der Waals surface area contributed by atoms with Crippen molar-refractivity contribution in [3.63, 3.8) is 0 Å². The SMILES string of the molecule is CCCCNC(=O)COC(=O)Cc1cccc(N)c1. The molecule has 19 heavy (non-hydrogen) atoms. The van der Waals surface area contributed by atoms with E-state index < -0.39 is 5.97 Å². The van der Waals surface area contributed by atoms with Gasteiger partial charge in [0.2, 0.25) is 0 Å². The molecule has 0 bridgehead atoms. The fourth-order valence-corrected chi connectivity index (χ4v) is 1.52. The lowest BCUT2D eigenvalue weighted by Gasteiger charge is -2.06. The molecule has 5 nitrogen and oxygen atoms in total. The standard InChI is InChI=1S/C14H20N2O3/c1-2-3-7-16-13(17)10-19-14(18)9-11-5-4-6-12(15)8-11/h4-6,8H,2-3,7,9-10,15H2,1H3,(H,16,17). The van der Waals surface area contributed by atoms with Gasteiger partial charge in [0.15, 0.2) is 6.61 Å². The largest absolute Gasteiger partial charge is 0.455 e. The normalized spacial score (nSPS) is 9.95. The fraction of sp³-hybridized carbons (Fsp3) is 0.429. The maximum atomic E-state index is 11.5. The summed E-state index contributed by atoms with van der Waals surface area (Å²) in [5.74, 6) is -0.703. The lowest BCUT2D eigenvalue weighted by atomic mass is 10.1. The Morgan fingerprint density at radius 1 is 1.37 bits per heavy atom. The highest BCUT2D eigenvalue weighted by Crippen LogP contribution is 2.07. The summed E-state index contributed by atoms with van der Waals surface area (Å²) in [6.45, 7) is 2.42. The topological polar surface area (TPSA) is 81.4 Å². The second-order valence-electron chi connectivity index (χ2n) is 4.29. The smallest absolute Gasteiger partial charge is 0.310 e. The van der Waals surface area contributed by atoms with Gasteiger partial charge in [-0.1, -0.05) is 25.5 Å². The molecule has 0 atom stereocenters. The third kappa shape index (κ3) is 6.45. The van der Waals surface area contributed by atoms with Gasteiger partial charge >= 0.3 is 5.97 Å². The van der Waals surface area contributed by atoms with Gasteiger partial charge in [0.25, 0.3) is 5.91 Å². The molecule has 1 amide bonds. The number of anilines is 1. The van der Waals surface area contributed by atoms with Crippen molar-refractivity contribution in [2.75, 3.05) is 18.9 Å². The molecule has 1 rings (SSSR count). The third-order valence-corrected chi connectivity index (χ3v) is 2.52. The maximum absolute atomic E-state index is 11.5. The van der Waals surface area contributed by atoms with Gasteiger partial charge in [-0.15, -0.1) is 0 Å². The number of amides is 1. The van der Waals surface area contributed by atoms with E-state index in [0.29, 0.717) is 12.2 Å². The minimum Gasteiger partial charge on any atom is -0.455 e. The van der Waals surface area contributed by atoms with Crippen LogP contribution in [-0.2, 0) is 20.7 Å². The summed E-state index contributed by atoms with van der Waals surface area (Å²) in [6.07, 6.45) is 2.05. The van der Waals surface area contributed by atoms with Crippen LogP contribution in [-0.4, -0.2) is 25.0 Å². The van der Waals surface area contributed by atoms with Crippen LogP contribution in [0.5, 0.6) is 0 Å². The lowest BCUT2D eigenvalue weighted by Crippen LogP contribution is -2.29. The first kappa shape index (κ1) is 15.0. The van der Waals surface area contributed by atoms with Crippen LogP contribution in [0.2, 0.25) is 0 Å². The van der Waals surface area contributed by atoms with Crippen molar-refractivity contribution in [2.45, 2.75) is 26.2 Å². The van der Waals surface area contributed by atoms with Gasteiger partial charge in [0.1, 0.15) is 0 Å². The zero-order valence-corrected chi connectivity index (χ0v) is 11.1. The predicted molar refractivity (Wildman–Crippen MR) is 73.4 cm³/mol. The number of rotatable bonds is 7. The molecule has 0 aromatic heterocycles. The molecule has 0 saturated carbocycles. The van der Waals surface area contributed by atoms with Gasteiger partial charge in [-0.3, -0.25) is 9.59 Å². The van der Waals surface area contributed by atoms with Gasteiger partial charge in [-0.05, 0) is 24.1 Å². The average molecular weight is 264 g/mol. The second kappa shape index (κ2) is 8.13. The fourth-order valence-electron chi connectivity index (χ4n) is 1.52. The van der Waals surface area contributed by atoms with Crippen LogP contribution in [0.15, 0.2) is 24.3 Å². The molecule has 0 aliphatic rings. The number of hydrogen-bond acceptors (Lipinski definition) is 4. The van der Waals surface area contributed by atoms with Crippen molar-refractivity contribution in [1.82, 2.24) is 5.32 Å². The Bertz CT molecular complexity index is 432. The van der Waals surface area contributed by atoms with Crippen LogP contribution in [0.4, 0.5) is 5.69 Å². The summed E-state index contributed by atoms with van der Waals surface area (Å²) in [7, 11) is 0. The molecular formula is C14H20N2O3. The number of benzene rings is 1. The number of carbonyl (C=O) groups is 2. The highest BCUT2D eigenvalue weighted by Gasteiger charge is 2.08. The van der Waals surface area contributed by atoms with E-state index in [1.54, 1.807) is 24.3 Å². The average Bonchev–Trinajstić information content (AvgIpc) is 2.37. The van der Waals surface area contributed by atoms with E-state index in [1.165, 1.54) is 0 Å². The first-order chi connectivity index (χ1) is 9.11. The number of ether oxygens (including phenoxy) is 1. The van der Waals surface area contributed by atoms with Crippen LogP contribution in [0.1, 0.15) is 25.3 Å². The molecule has 1 aromatic rings. The molecule has 5 heteroatoms. The second-order valence-corrected chi connectivity index (χ2v) is 4.29. The minimum absolute atomic E-state index is 0.118. The van der Waals surface area contributed by atoms with Gasteiger partial charge in [-0.25, -0.2) is 0 Å². The van der Waals surface area contributed by atoms with Crippen molar-refractivity contribution >= 4 is 17.6 Å². The number of carbonyl (C=O) groups excluding carboxylic acids is 2. The quantitative estimate of drug-likeness (QED) is 0.441. The van der Waals surface area contributed by atoms with Crippen molar-refractivity contribution in [2.24, 2.45) is 0 Å². The number of esters is 1. The predicted octanol–water partition coefficient (Wildman–Crippen LogP) is 1.27. The van der Waals surface area contributed by atoms with Crippen LogP contribution in [0.25, 0.3) is 0 Å². The number of nitrogens with two attached hydrogens (primary N) is 1. The highest BCUT2D eigenvalue weighted by molar-refractivity contribution is 5.81. The minimum atomic E-state index is -0.434. The van der Waals surface area contributed by atoms with Crippen molar-refractivity contribution in [3.8, 4) is 0 Å². The molecule has 104 valence electrons. The monoisotopic (exact) mass is 264 g/mol. The van der Waals surface area contributed by atoms with Crippen LogP contribution in [0.3, 0.4) is 0 Å². The lowest BCUT2D eigenvalue weighted by molar-refractivity contribution is -0.147. The summed E-state index contributed by atoms with van der Waals surface area (Å²) in [5.41, 5.74) is 6.98. The number of hydrogen-bond donors (Lipinski definition) is 2. The number of unbranched alkanes of at least 4 members (excludes halogenated alkanes) is 1. The van der Waals surface area contributed by atoms with E-state index in [1.807, 2.05) is 6.92 Å². The highest BCUT2D eigenvalue weighted by atomic mass is 16.5. The first-order valence-corrected chi connectivity index (χ1v) is 6.38. The number of nitrogens with one attached hydrogen (secondary N) is 1. The molecule has 0 radical (unpaired) electrons. The van der Waals surface area contributed by atoms with E-state index in [4.69, 9.17) is 10.5 Å². The molecule has 0 heterocycles. The summed E-state index contributed by atoms with van der Waals surface area (Å²) in [5, 5.41) is 2.68. The van der Waals surface area contributed by atoms with Crippen molar-refractivity contribution in [1.29, 1.82) is 0 Å². The molecule has 0 fully saturated rings. The van der Waals surface area contributed by atoms with Crippen molar-refractivity contribution < 1.29 is 14.3 Å². The Labute approximate surface area is 113 Å². The third-order valence-electron chi connectivity index (χ3n) is 2.52. The van der Waals surface area contributed by atoms with E-state index in [-0.39, 0.29) is 18.9 Å². The summed E-state index contributed by atoms with van der Waals surface area (Å²) in [6, 6.07) is 7.02. The number of nitrogen functional groups attached to an aromatic ring is 1. The van der Waals surface area contributed by atoms with Gasteiger partial charge < -0.3 is 15.8 Å². The van der Waals surface area contributed by atoms with E-state index in [0.717, 1.165) is 18.4 Å². The molecule has 0 unspecified atom stereocenters. The Hall–Kier alpha value is -2.04. The van der Waals surface area contributed by atoms with Gasteiger partial charge in [0.05, 0.1) is 6.42 Å². The molecule has 0 saturated heterocycles. The van der Waals surface area contributed by atoms with Crippen LogP contribution in [0, 0.1) is 0 Å². The summed E-state index contributed by atoms with van der Waals surface area (Å²) < 4.78 is 4.89. The summed E-state index contributed by atoms with van der Waals surface area (Å²) >= 11 is 0. The Balaban J connectivity index is 2.26. The zero-order valence-electron chi connectivity index (χ0n) is 11.1. The van der Waals surface area contributed by atoms with E-state index >= 15 is 0 Å². The first-order valence-electron chi connectivity index (χ1n) is 6.38. The van der Waals surface area contributed by atoms with Crippen LogP contribution < -0.4 is 11.1 Å². The Kier molecular flexibility index (Phi) is 6.43. The van der Waals surface area contributed by atoms with E-state index in [9.17, 15) is 9.59 Å². The van der Waals surface area contributed by atoms with Crippen LogP contribution >= 0.6 is 0 Å². The van der Waals surface area contributed by atoms with Gasteiger partial charge in [-0.2, -0.15) is 0 Å². The Morgan fingerprint density at radius 2 is 2.16 bits per heavy atom. The molecule has 0 spiro atoms. The molecular weight excluding hydrogens is 244 g/mol. The Morgan fingerprint density at radius 3 is 2.84 bits per heavy atom. The molecule has 3 N–H and O–H groups in total. The zero-order chi connectivity index (χ0) is 14.1. The van der Waals surface area contributed by atoms with E-state index in [2.05, 4.69) is 5.32 Å². The molecule has 0 aliphatic heterocycles. The summed E-state index contributed by atoms with van der Waals surface area (Å²) in [4.78, 5) is 22.8. The van der Waals surface area contributed by atoms with Gasteiger partial charge in [0, 0.05) is 12.2 Å².